The number of aliphatic hydroxyl groups excluding tert-OH is 1. The quantitative estimate of drug-likeness (QED) is 0.691. The first kappa shape index (κ1) is 19.0. The molecule has 1 aliphatic rings. The Morgan fingerprint density at radius 2 is 2.04 bits per heavy atom. The third-order valence-electron chi connectivity index (χ3n) is 4.50. The zero-order valence-corrected chi connectivity index (χ0v) is 15.8. The molecule has 26 heavy (non-hydrogen) atoms. The first-order valence-electron chi connectivity index (χ1n) is 9.06. The Balaban J connectivity index is 1.46. The Bertz CT molecular complexity index is 732. The van der Waals surface area contributed by atoms with Gasteiger partial charge >= 0.3 is 0 Å². The van der Waals surface area contributed by atoms with E-state index in [1.54, 1.807) is 24.3 Å². The fourth-order valence-corrected chi connectivity index (χ4v) is 4.15. The van der Waals surface area contributed by atoms with Crippen LogP contribution in [0.3, 0.4) is 0 Å². The van der Waals surface area contributed by atoms with Gasteiger partial charge in [-0.3, -0.25) is 4.79 Å². The number of ether oxygens (including phenoxy) is 1. The molecular formula is C21H25NO3S. The van der Waals surface area contributed by atoms with Crippen molar-refractivity contribution >= 4 is 17.5 Å². The molecule has 2 aromatic rings. The zero-order chi connectivity index (χ0) is 18.4. The number of hydrogen-bond acceptors (Lipinski definition) is 5. The van der Waals surface area contributed by atoms with Gasteiger partial charge in [-0.2, -0.15) is 0 Å². The Morgan fingerprint density at radius 3 is 2.81 bits per heavy atom. The molecule has 2 atom stereocenters. The number of rotatable bonds is 8. The van der Waals surface area contributed by atoms with Gasteiger partial charge in [0.15, 0.2) is 5.78 Å². The predicted molar refractivity (Wildman–Crippen MR) is 105 cm³/mol. The summed E-state index contributed by atoms with van der Waals surface area (Å²) in [4.78, 5) is 12.9. The van der Waals surface area contributed by atoms with E-state index in [0.717, 1.165) is 12.2 Å². The average Bonchev–Trinajstić information content (AvgIpc) is 2.70. The van der Waals surface area contributed by atoms with Gasteiger partial charge in [0.2, 0.25) is 0 Å². The van der Waals surface area contributed by atoms with E-state index < -0.39 is 6.10 Å². The second kappa shape index (κ2) is 9.21. The number of aliphatic hydroxyl groups is 1. The summed E-state index contributed by atoms with van der Waals surface area (Å²) in [5.74, 6) is 1.87. The van der Waals surface area contributed by atoms with Crippen molar-refractivity contribution in [1.29, 1.82) is 0 Å². The molecule has 0 aromatic heterocycles. The molecule has 1 heterocycles. The maximum absolute atomic E-state index is 11.6. The summed E-state index contributed by atoms with van der Waals surface area (Å²) in [6.45, 7) is 2.55. The number of nitrogens with one attached hydrogen (secondary N) is 1. The molecule has 2 aromatic carbocycles. The summed E-state index contributed by atoms with van der Waals surface area (Å²) in [5.41, 5.74) is 2.00. The Labute approximate surface area is 159 Å². The zero-order valence-electron chi connectivity index (χ0n) is 15.0. The fraction of sp³-hybridized carbons (Fsp3) is 0.381. The van der Waals surface area contributed by atoms with E-state index in [1.807, 2.05) is 18.7 Å². The van der Waals surface area contributed by atoms with Crippen LogP contribution >= 0.6 is 11.8 Å². The minimum Gasteiger partial charge on any atom is -0.491 e. The smallest absolute Gasteiger partial charge is 0.162 e. The van der Waals surface area contributed by atoms with Crippen molar-refractivity contribution in [1.82, 2.24) is 5.32 Å². The van der Waals surface area contributed by atoms with Crippen LogP contribution in [0.4, 0.5) is 0 Å². The summed E-state index contributed by atoms with van der Waals surface area (Å²) in [6, 6.07) is 15.8. The van der Waals surface area contributed by atoms with Crippen molar-refractivity contribution in [3.8, 4) is 5.75 Å². The monoisotopic (exact) mass is 371 g/mol. The number of thioether (sulfide) groups is 1. The highest BCUT2D eigenvalue weighted by atomic mass is 32.2. The van der Waals surface area contributed by atoms with Gasteiger partial charge in [0.05, 0.1) is 0 Å². The standard InChI is InChI=1S/C21H25NO3S/c1-2-20(24)15-7-9-17(10-8-15)25-14-16(23)13-22-19-11-12-26-21-6-4-3-5-18(19)21/h3-10,16,19,22-23H,2,11-14H2,1H3/t16-,19-/m0/s1. The van der Waals surface area contributed by atoms with Crippen molar-refractivity contribution < 1.29 is 14.6 Å². The molecule has 0 aliphatic carbocycles. The van der Waals surface area contributed by atoms with Crippen LogP contribution in [-0.4, -0.2) is 35.9 Å². The summed E-state index contributed by atoms with van der Waals surface area (Å²) in [7, 11) is 0. The lowest BCUT2D eigenvalue weighted by Gasteiger charge is -2.27. The first-order valence-corrected chi connectivity index (χ1v) is 10.0. The third kappa shape index (κ3) is 4.87. The van der Waals surface area contributed by atoms with Crippen molar-refractivity contribution in [2.45, 2.75) is 36.8 Å². The molecule has 5 heteroatoms. The second-order valence-corrected chi connectivity index (χ2v) is 7.54. The number of carbonyl (C=O) groups is 1. The Morgan fingerprint density at radius 1 is 1.27 bits per heavy atom. The molecular weight excluding hydrogens is 346 g/mol. The highest BCUT2D eigenvalue weighted by Crippen LogP contribution is 2.35. The molecule has 4 nitrogen and oxygen atoms in total. The summed E-state index contributed by atoms with van der Waals surface area (Å²) < 4.78 is 5.64. The van der Waals surface area contributed by atoms with Crippen LogP contribution in [0.15, 0.2) is 53.4 Å². The van der Waals surface area contributed by atoms with Gasteiger partial charge in [-0.25, -0.2) is 0 Å². The summed E-state index contributed by atoms with van der Waals surface area (Å²) in [6.07, 6.45) is 0.962. The minimum absolute atomic E-state index is 0.117. The van der Waals surface area contributed by atoms with Crippen LogP contribution in [0.25, 0.3) is 0 Å². The molecule has 0 bridgehead atoms. The van der Waals surface area contributed by atoms with E-state index in [9.17, 15) is 9.90 Å². The van der Waals surface area contributed by atoms with Gasteiger partial charge in [0.1, 0.15) is 18.5 Å². The molecule has 0 amide bonds. The second-order valence-electron chi connectivity index (χ2n) is 6.40. The predicted octanol–water partition coefficient (Wildman–Crippen LogP) is 3.85. The molecule has 0 unspecified atom stereocenters. The molecule has 0 spiro atoms. The molecule has 0 fully saturated rings. The number of benzene rings is 2. The van der Waals surface area contributed by atoms with Crippen molar-refractivity contribution in [2.24, 2.45) is 0 Å². The van der Waals surface area contributed by atoms with E-state index in [1.165, 1.54) is 10.5 Å². The lowest BCUT2D eigenvalue weighted by molar-refractivity contribution is 0.0986. The fourth-order valence-electron chi connectivity index (χ4n) is 3.02. The minimum atomic E-state index is -0.589. The van der Waals surface area contributed by atoms with Crippen LogP contribution in [0, 0.1) is 0 Å². The van der Waals surface area contributed by atoms with Gasteiger partial charge in [0, 0.05) is 29.5 Å². The summed E-state index contributed by atoms with van der Waals surface area (Å²) >= 11 is 1.89. The van der Waals surface area contributed by atoms with Crippen LogP contribution in [0.5, 0.6) is 5.75 Å². The van der Waals surface area contributed by atoms with Gasteiger partial charge < -0.3 is 15.2 Å². The molecule has 3 rings (SSSR count). The van der Waals surface area contributed by atoms with Gasteiger partial charge in [-0.15, -0.1) is 11.8 Å². The lowest BCUT2D eigenvalue weighted by Crippen LogP contribution is -2.35. The average molecular weight is 372 g/mol. The van der Waals surface area contributed by atoms with E-state index in [4.69, 9.17) is 4.74 Å². The molecule has 2 N–H and O–H groups in total. The van der Waals surface area contributed by atoms with Crippen LogP contribution < -0.4 is 10.1 Å². The number of Topliss-reactive ketones (excluding diaryl/α,β-unsaturated/α-hetero) is 1. The van der Waals surface area contributed by atoms with E-state index in [2.05, 4.69) is 29.6 Å². The molecule has 1 aliphatic heterocycles. The first-order chi connectivity index (χ1) is 12.7. The van der Waals surface area contributed by atoms with E-state index in [-0.39, 0.29) is 18.4 Å². The van der Waals surface area contributed by atoms with E-state index in [0.29, 0.717) is 24.3 Å². The molecule has 0 saturated carbocycles. The maximum atomic E-state index is 11.6. The topological polar surface area (TPSA) is 58.6 Å². The van der Waals surface area contributed by atoms with Crippen LogP contribution in [0.1, 0.15) is 41.7 Å². The number of fused-ring (bicyclic) bond motifs is 1. The van der Waals surface area contributed by atoms with Crippen molar-refractivity contribution in [3.05, 3.63) is 59.7 Å². The highest BCUT2D eigenvalue weighted by molar-refractivity contribution is 7.99. The normalized spacial score (nSPS) is 17.4. The van der Waals surface area contributed by atoms with Gasteiger partial charge in [-0.1, -0.05) is 25.1 Å². The van der Waals surface area contributed by atoms with E-state index >= 15 is 0 Å². The highest BCUT2D eigenvalue weighted by Gasteiger charge is 2.20. The van der Waals surface area contributed by atoms with Crippen molar-refractivity contribution in [2.75, 3.05) is 18.9 Å². The SMILES string of the molecule is CCC(=O)c1ccc(OC[C@@H](O)CN[C@H]2CCSc3ccccc32)cc1. The van der Waals surface area contributed by atoms with Crippen LogP contribution in [0.2, 0.25) is 0 Å². The number of carbonyl (C=O) groups excluding carboxylic acids is 1. The van der Waals surface area contributed by atoms with Gasteiger partial charge in [0.25, 0.3) is 0 Å². The van der Waals surface area contributed by atoms with Crippen LogP contribution in [-0.2, 0) is 0 Å². The third-order valence-corrected chi connectivity index (χ3v) is 5.62. The molecule has 138 valence electrons. The number of ketones is 1. The molecule has 0 saturated heterocycles. The maximum Gasteiger partial charge on any atom is 0.162 e. The Hall–Kier alpha value is -1.82. The number of hydrogen-bond donors (Lipinski definition) is 2. The van der Waals surface area contributed by atoms with Gasteiger partial charge in [-0.05, 0) is 48.1 Å². The molecule has 0 radical (unpaired) electrons. The largest absolute Gasteiger partial charge is 0.491 e. The Kier molecular flexibility index (Phi) is 6.72. The van der Waals surface area contributed by atoms with Crippen molar-refractivity contribution in [3.63, 3.8) is 0 Å². The lowest BCUT2D eigenvalue weighted by atomic mass is 10.0. The summed E-state index contributed by atoms with van der Waals surface area (Å²) in [5, 5.41) is 13.7.